The summed E-state index contributed by atoms with van der Waals surface area (Å²) in [5.41, 5.74) is 1.81. The van der Waals surface area contributed by atoms with Gasteiger partial charge in [-0.15, -0.1) is 0 Å². The maximum Gasteiger partial charge on any atom is 0.269 e. The Balaban J connectivity index is 1.78. The third-order valence-corrected chi connectivity index (χ3v) is 6.36. The second-order valence-corrected chi connectivity index (χ2v) is 8.89. The van der Waals surface area contributed by atoms with Gasteiger partial charge < -0.3 is 24.3 Å². The summed E-state index contributed by atoms with van der Waals surface area (Å²) in [5, 5.41) is 15.1. The Hall–Kier alpha value is -4.38. The molecule has 0 aliphatic carbocycles. The molecule has 0 aliphatic heterocycles. The SMILES string of the molecule is COc1cc(OC)c(/C=C/S(=O)Cc2ccc(OC)c(NC(=O)c3ccc([N+](=O)[O-])cc3)c2)c(OC)c1. The van der Waals surface area contributed by atoms with E-state index in [1.54, 1.807) is 36.4 Å². The third-order valence-electron chi connectivity index (χ3n) is 5.30. The number of amides is 1. The largest absolute Gasteiger partial charge is 0.496 e. The van der Waals surface area contributed by atoms with Gasteiger partial charge in [0.05, 0.1) is 61.2 Å². The molecule has 0 saturated heterocycles. The van der Waals surface area contributed by atoms with Crippen molar-refractivity contribution >= 4 is 34.2 Å². The lowest BCUT2D eigenvalue weighted by atomic mass is 10.1. The molecule has 3 rings (SSSR count). The van der Waals surface area contributed by atoms with Crippen LogP contribution in [0.3, 0.4) is 0 Å². The number of hydrogen-bond donors (Lipinski definition) is 1. The number of methoxy groups -OCH3 is 4. The van der Waals surface area contributed by atoms with Crippen LogP contribution >= 0.6 is 0 Å². The van der Waals surface area contributed by atoms with E-state index >= 15 is 0 Å². The fourth-order valence-corrected chi connectivity index (χ4v) is 4.32. The maximum absolute atomic E-state index is 12.8. The van der Waals surface area contributed by atoms with Crippen molar-refractivity contribution in [3.8, 4) is 23.0 Å². The first-order valence-electron chi connectivity index (χ1n) is 10.9. The molecule has 3 aromatic rings. The van der Waals surface area contributed by atoms with Gasteiger partial charge in [0.2, 0.25) is 0 Å². The molecule has 194 valence electrons. The molecule has 0 spiro atoms. The molecule has 1 amide bonds. The van der Waals surface area contributed by atoms with Crippen LogP contribution in [0.5, 0.6) is 23.0 Å². The van der Waals surface area contributed by atoms with Gasteiger partial charge in [0, 0.05) is 35.2 Å². The van der Waals surface area contributed by atoms with Crippen molar-refractivity contribution in [3.63, 3.8) is 0 Å². The smallest absolute Gasteiger partial charge is 0.269 e. The predicted octanol–water partition coefficient (Wildman–Crippen LogP) is 4.80. The zero-order valence-electron chi connectivity index (χ0n) is 20.7. The standard InChI is InChI=1S/C26H26N2O8S/c1-33-20-14-24(35-3)21(25(15-20)36-4)11-12-37(32)16-17-5-10-23(34-2)22(13-17)27-26(29)18-6-8-19(9-7-18)28(30)31/h5-15H,16H2,1-4H3,(H,27,29)/b12-11+. The molecule has 0 saturated carbocycles. The Labute approximate surface area is 216 Å². The molecule has 0 heterocycles. The van der Waals surface area contributed by atoms with Crippen molar-refractivity contribution in [1.29, 1.82) is 0 Å². The molecule has 1 atom stereocenters. The molecule has 1 unspecified atom stereocenters. The van der Waals surface area contributed by atoms with Gasteiger partial charge in [-0.3, -0.25) is 19.1 Å². The van der Waals surface area contributed by atoms with E-state index in [4.69, 9.17) is 18.9 Å². The van der Waals surface area contributed by atoms with Crippen LogP contribution < -0.4 is 24.3 Å². The first kappa shape index (κ1) is 27.2. The van der Waals surface area contributed by atoms with Crippen LogP contribution in [-0.4, -0.2) is 43.5 Å². The second kappa shape index (κ2) is 12.5. The predicted molar refractivity (Wildman–Crippen MR) is 141 cm³/mol. The highest BCUT2D eigenvalue weighted by molar-refractivity contribution is 7.87. The quantitative estimate of drug-likeness (QED) is 0.279. The first-order valence-corrected chi connectivity index (χ1v) is 12.3. The molecule has 0 radical (unpaired) electrons. The van der Waals surface area contributed by atoms with Crippen LogP contribution in [-0.2, 0) is 16.6 Å². The van der Waals surface area contributed by atoms with Gasteiger partial charge >= 0.3 is 0 Å². The molecule has 0 bridgehead atoms. The Morgan fingerprint density at radius 3 is 2.08 bits per heavy atom. The summed E-state index contributed by atoms with van der Waals surface area (Å²) in [4.78, 5) is 23.0. The molecular weight excluding hydrogens is 500 g/mol. The topological polar surface area (TPSA) is 126 Å². The molecule has 1 N–H and O–H groups in total. The van der Waals surface area contributed by atoms with Crippen molar-refractivity contribution in [2.45, 2.75) is 5.75 Å². The van der Waals surface area contributed by atoms with E-state index in [9.17, 15) is 19.1 Å². The Kier molecular flexibility index (Phi) is 9.22. The van der Waals surface area contributed by atoms with E-state index in [2.05, 4.69) is 5.32 Å². The van der Waals surface area contributed by atoms with E-state index in [0.29, 0.717) is 39.8 Å². The fraction of sp³-hybridized carbons (Fsp3) is 0.192. The maximum atomic E-state index is 12.8. The van der Waals surface area contributed by atoms with Gasteiger partial charge in [0.1, 0.15) is 23.0 Å². The summed E-state index contributed by atoms with van der Waals surface area (Å²) in [7, 11) is 4.63. The van der Waals surface area contributed by atoms with Crippen LogP contribution in [0.25, 0.3) is 6.08 Å². The Morgan fingerprint density at radius 1 is 0.919 bits per heavy atom. The van der Waals surface area contributed by atoms with Crippen LogP contribution in [0.1, 0.15) is 21.5 Å². The van der Waals surface area contributed by atoms with Gasteiger partial charge in [-0.25, -0.2) is 0 Å². The van der Waals surface area contributed by atoms with Gasteiger partial charge in [0.25, 0.3) is 11.6 Å². The van der Waals surface area contributed by atoms with Crippen LogP contribution in [0.2, 0.25) is 0 Å². The lowest BCUT2D eigenvalue weighted by molar-refractivity contribution is -0.384. The molecule has 0 aliphatic rings. The number of benzene rings is 3. The van der Waals surface area contributed by atoms with Crippen LogP contribution in [0.15, 0.2) is 60.0 Å². The molecule has 11 heteroatoms. The Bertz CT molecular complexity index is 1310. The number of carbonyl (C=O) groups excluding carboxylic acids is 1. The van der Waals surface area contributed by atoms with Crippen molar-refractivity contribution in [1.82, 2.24) is 0 Å². The van der Waals surface area contributed by atoms with E-state index in [-0.39, 0.29) is 17.0 Å². The van der Waals surface area contributed by atoms with Crippen molar-refractivity contribution in [3.05, 3.63) is 86.8 Å². The van der Waals surface area contributed by atoms with Crippen molar-refractivity contribution < 1.29 is 32.9 Å². The van der Waals surface area contributed by atoms with Gasteiger partial charge in [-0.2, -0.15) is 0 Å². The second-order valence-electron chi connectivity index (χ2n) is 7.57. The summed E-state index contributed by atoms with van der Waals surface area (Å²) in [6.45, 7) is 0. The number of ether oxygens (including phenoxy) is 4. The lowest BCUT2D eigenvalue weighted by Gasteiger charge is -2.13. The van der Waals surface area contributed by atoms with Gasteiger partial charge in [-0.1, -0.05) is 6.07 Å². The number of carbonyl (C=O) groups is 1. The summed E-state index contributed by atoms with van der Waals surface area (Å²) in [5.74, 6) is 1.68. The minimum Gasteiger partial charge on any atom is -0.496 e. The average Bonchev–Trinajstić information content (AvgIpc) is 2.91. The molecule has 10 nitrogen and oxygen atoms in total. The highest BCUT2D eigenvalue weighted by Crippen LogP contribution is 2.35. The van der Waals surface area contributed by atoms with Crippen molar-refractivity contribution in [2.75, 3.05) is 33.8 Å². The highest BCUT2D eigenvalue weighted by atomic mass is 32.2. The lowest BCUT2D eigenvalue weighted by Crippen LogP contribution is -2.13. The number of nitrogens with one attached hydrogen (secondary N) is 1. The van der Waals surface area contributed by atoms with E-state index in [1.165, 1.54) is 58.1 Å². The molecule has 0 aromatic heterocycles. The van der Waals surface area contributed by atoms with Gasteiger partial charge in [0.15, 0.2) is 0 Å². The number of non-ortho nitro benzene ring substituents is 1. The first-order chi connectivity index (χ1) is 17.8. The number of anilines is 1. The average molecular weight is 527 g/mol. The zero-order valence-corrected chi connectivity index (χ0v) is 21.5. The number of nitro benzene ring substituents is 1. The third kappa shape index (κ3) is 6.85. The minimum absolute atomic E-state index is 0.114. The van der Waals surface area contributed by atoms with Crippen LogP contribution in [0.4, 0.5) is 11.4 Å². The monoisotopic (exact) mass is 526 g/mol. The normalized spacial score (nSPS) is 11.6. The Morgan fingerprint density at radius 2 is 1.54 bits per heavy atom. The fourth-order valence-electron chi connectivity index (χ4n) is 3.42. The molecule has 3 aromatic carbocycles. The van der Waals surface area contributed by atoms with Crippen molar-refractivity contribution in [2.24, 2.45) is 0 Å². The highest BCUT2D eigenvalue weighted by Gasteiger charge is 2.14. The zero-order chi connectivity index (χ0) is 26.9. The summed E-state index contributed by atoms with van der Waals surface area (Å²) in [6.07, 6.45) is 1.66. The number of nitrogens with zero attached hydrogens (tertiary/aromatic N) is 1. The van der Waals surface area contributed by atoms with E-state index in [0.717, 1.165) is 0 Å². The minimum atomic E-state index is -1.41. The molecule has 37 heavy (non-hydrogen) atoms. The number of rotatable bonds is 11. The molecular formula is C26H26N2O8S. The number of nitro groups is 1. The van der Waals surface area contributed by atoms with E-state index in [1.807, 2.05) is 0 Å². The van der Waals surface area contributed by atoms with Crippen LogP contribution in [0, 0.1) is 10.1 Å². The summed E-state index contributed by atoms with van der Waals surface area (Å²) < 4.78 is 34.3. The number of hydrogen-bond acceptors (Lipinski definition) is 8. The summed E-state index contributed by atoms with van der Waals surface area (Å²) in [6, 6.07) is 13.7. The molecule has 0 fully saturated rings. The van der Waals surface area contributed by atoms with E-state index < -0.39 is 21.6 Å². The summed E-state index contributed by atoms with van der Waals surface area (Å²) >= 11 is 0. The van der Waals surface area contributed by atoms with Gasteiger partial charge in [-0.05, 0) is 35.9 Å².